The van der Waals surface area contributed by atoms with Gasteiger partial charge in [0.15, 0.2) is 0 Å². The van der Waals surface area contributed by atoms with Crippen LogP contribution in [-0.4, -0.2) is 32.6 Å². The highest BCUT2D eigenvalue weighted by atomic mass is 16.5. The molecule has 1 aliphatic carbocycles. The average molecular weight is 380 g/mol. The molecule has 1 unspecified atom stereocenters. The molecule has 4 rings (SSSR count). The summed E-state index contributed by atoms with van der Waals surface area (Å²) < 4.78 is 10.6. The zero-order valence-corrected chi connectivity index (χ0v) is 16.2. The number of benzene rings is 2. The van der Waals surface area contributed by atoms with Crippen molar-refractivity contribution < 1.29 is 19.1 Å². The van der Waals surface area contributed by atoms with Gasteiger partial charge in [-0.25, -0.2) is 0 Å². The minimum absolute atomic E-state index is 0.0856. The number of nitrogens with one attached hydrogen (secondary N) is 1. The summed E-state index contributed by atoms with van der Waals surface area (Å²) >= 11 is 0. The first-order valence-electron chi connectivity index (χ1n) is 9.54. The van der Waals surface area contributed by atoms with E-state index in [4.69, 9.17) is 9.47 Å². The van der Waals surface area contributed by atoms with Gasteiger partial charge in [0, 0.05) is 24.7 Å². The quantitative estimate of drug-likeness (QED) is 0.865. The highest BCUT2D eigenvalue weighted by Gasteiger charge is 2.36. The van der Waals surface area contributed by atoms with Crippen LogP contribution in [-0.2, 0) is 22.4 Å². The summed E-state index contributed by atoms with van der Waals surface area (Å²) in [5, 5.41) is 2.98. The van der Waals surface area contributed by atoms with E-state index in [0.29, 0.717) is 23.7 Å². The Labute approximate surface area is 164 Å². The van der Waals surface area contributed by atoms with Crippen molar-refractivity contribution >= 4 is 23.2 Å². The van der Waals surface area contributed by atoms with Crippen molar-refractivity contribution in [1.82, 2.24) is 0 Å². The van der Waals surface area contributed by atoms with Crippen molar-refractivity contribution in [3.63, 3.8) is 0 Å². The van der Waals surface area contributed by atoms with E-state index in [-0.39, 0.29) is 18.2 Å². The normalized spacial score (nSPS) is 18.1. The summed E-state index contributed by atoms with van der Waals surface area (Å²) in [6.45, 7) is 0.332. The smallest absolute Gasteiger partial charge is 0.229 e. The third kappa shape index (κ3) is 3.42. The Kier molecular flexibility index (Phi) is 4.94. The van der Waals surface area contributed by atoms with Gasteiger partial charge in [-0.3, -0.25) is 9.59 Å². The van der Waals surface area contributed by atoms with Crippen LogP contribution in [0.15, 0.2) is 36.4 Å². The predicted octanol–water partition coefficient (Wildman–Crippen LogP) is 3.18. The largest absolute Gasteiger partial charge is 0.497 e. The fourth-order valence-corrected chi connectivity index (χ4v) is 4.02. The molecule has 6 heteroatoms. The first kappa shape index (κ1) is 18.3. The van der Waals surface area contributed by atoms with Crippen molar-refractivity contribution in [2.45, 2.75) is 25.7 Å². The van der Waals surface area contributed by atoms with Crippen LogP contribution in [0, 0.1) is 5.92 Å². The molecule has 146 valence electrons. The third-order valence-electron chi connectivity index (χ3n) is 5.54. The molecule has 0 spiro atoms. The van der Waals surface area contributed by atoms with Crippen LogP contribution in [0.25, 0.3) is 0 Å². The number of aryl methyl sites for hydroxylation is 2. The first-order valence-corrected chi connectivity index (χ1v) is 9.54. The number of carbonyl (C=O) groups excluding carboxylic acids is 2. The van der Waals surface area contributed by atoms with Crippen LogP contribution in [0.4, 0.5) is 11.4 Å². The van der Waals surface area contributed by atoms with Crippen LogP contribution in [0.5, 0.6) is 11.5 Å². The van der Waals surface area contributed by atoms with Crippen LogP contribution < -0.4 is 19.7 Å². The van der Waals surface area contributed by atoms with Gasteiger partial charge in [-0.05, 0) is 54.7 Å². The Balaban J connectivity index is 1.48. The molecule has 6 nitrogen and oxygen atoms in total. The second-order valence-corrected chi connectivity index (χ2v) is 7.27. The highest BCUT2D eigenvalue weighted by Crippen LogP contribution is 2.36. The number of anilines is 2. The van der Waals surface area contributed by atoms with E-state index in [1.54, 1.807) is 37.3 Å². The van der Waals surface area contributed by atoms with Gasteiger partial charge in [0.1, 0.15) is 11.5 Å². The molecule has 0 aromatic heterocycles. The molecule has 1 atom stereocenters. The Bertz CT molecular complexity index is 925. The number of hydrogen-bond acceptors (Lipinski definition) is 4. The molecule has 2 aromatic carbocycles. The van der Waals surface area contributed by atoms with Crippen LogP contribution >= 0.6 is 0 Å². The molecule has 0 bridgehead atoms. The van der Waals surface area contributed by atoms with Crippen LogP contribution in [0.2, 0.25) is 0 Å². The summed E-state index contributed by atoms with van der Waals surface area (Å²) in [6, 6.07) is 11.4. The van der Waals surface area contributed by atoms with E-state index < -0.39 is 5.92 Å². The molecule has 1 saturated heterocycles. The third-order valence-corrected chi connectivity index (χ3v) is 5.54. The fraction of sp³-hybridized carbons (Fsp3) is 0.364. The number of hydrogen-bond donors (Lipinski definition) is 1. The van der Waals surface area contributed by atoms with E-state index >= 15 is 0 Å². The number of amides is 2. The Hall–Kier alpha value is -3.02. The van der Waals surface area contributed by atoms with Gasteiger partial charge in [0.25, 0.3) is 0 Å². The SMILES string of the molecule is COc1ccc(N2CC(C(=O)Nc3ccc4c(c3)CCC4)CC2=O)c(OC)c1. The van der Waals surface area contributed by atoms with E-state index in [9.17, 15) is 9.59 Å². The molecule has 1 aliphatic heterocycles. The minimum atomic E-state index is -0.396. The Morgan fingerprint density at radius 3 is 2.68 bits per heavy atom. The van der Waals surface area contributed by atoms with Crippen molar-refractivity contribution in [2.24, 2.45) is 5.92 Å². The minimum Gasteiger partial charge on any atom is -0.497 e. The first-order chi connectivity index (χ1) is 13.6. The molecule has 0 saturated carbocycles. The van der Waals surface area contributed by atoms with E-state index in [1.807, 2.05) is 6.07 Å². The van der Waals surface area contributed by atoms with E-state index in [1.165, 1.54) is 17.5 Å². The summed E-state index contributed by atoms with van der Waals surface area (Å²) in [4.78, 5) is 26.9. The monoisotopic (exact) mass is 380 g/mol. The standard InChI is InChI=1S/C22H24N2O4/c1-27-18-8-9-19(20(12-18)28-2)24-13-16(11-21(24)25)22(26)23-17-7-6-14-4-3-5-15(14)10-17/h6-10,12,16H,3-5,11,13H2,1-2H3,(H,23,26). The van der Waals surface area contributed by atoms with Crippen LogP contribution in [0.1, 0.15) is 24.0 Å². The van der Waals surface area contributed by atoms with Gasteiger partial charge < -0.3 is 19.7 Å². The molecule has 1 N–H and O–H groups in total. The molecule has 2 amide bonds. The van der Waals surface area contributed by atoms with Gasteiger partial charge >= 0.3 is 0 Å². The summed E-state index contributed by atoms with van der Waals surface area (Å²) in [5.74, 6) is 0.594. The fourth-order valence-electron chi connectivity index (χ4n) is 4.02. The molecular formula is C22H24N2O4. The summed E-state index contributed by atoms with van der Waals surface area (Å²) in [5.41, 5.74) is 4.14. The zero-order valence-electron chi connectivity index (χ0n) is 16.2. The van der Waals surface area contributed by atoms with Crippen molar-refractivity contribution in [3.05, 3.63) is 47.5 Å². The maximum Gasteiger partial charge on any atom is 0.229 e. The second-order valence-electron chi connectivity index (χ2n) is 7.27. The number of rotatable bonds is 5. The average Bonchev–Trinajstić information content (AvgIpc) is 3.33. The lowest BCUT2D eigenvalue weighted by molar-refractivity contribution is -0.122. The van der Waals surface area contributed by atoms with E-state index in [2.05, 4.69) is 17.4 Å². The summed E-state index contributed by atoms with van der Waals surface area (Å²) in [6.07, 6.45) is 3.53. The Morgan fingerprint density at radius 1 is 1.07 bits per heavy atom. The number of ether oxygens (including phenoxy) is 2. The number of methoxy groups -OCH3 is 2. The van der Waals surface area contributed by atoms with Gasteiger partial charge in [-0.1, -0.05) is 6.07 Å². The van der Waals surface area contributed by atoms with Gasteiger partial charge in [-0.2, -0.15) is 0 Å². The van der Waals surface area contributed by atoms with Gasteiger partial charge in [0.05, 0.1) is 25.8 Å². The molecule has 1 heterocycles. The molecule has 2 aromatic rings. The number of fused-ring (bicyclic) bond motifs is 1. The lowest BCUT2D eigenvalue weighted by atomic mass is 10.1. The van der Waals surface area contributed by atoms with Crippen molar-refractivity contribution in [1.29, 1.82) is 0 Å². The molecule has 1 fully saturated rings. The maximum atomic E-state index is 12.8. The molecule has 0 radical (unpaired) electrons. The molecule has 28 heavy (non-hydrogen) atoms. The topological polar surface area (TPSA) is 67.9 Å². The van der Waals surface area contributed by atoms with E-state index in [0.717, 1.165) is 18.5 Å². The predicted molar refractivity (Wildman–Crippen MR) is 107 cm³/mol. The molecular weight excluding hydrogens is 356 g/mol. The Morgan fingerprint density at radius 2 is 1.89 bits per heavy atom. The van der Waals surface area contributed by atoms with Gasteiger partial charge in [0.2, 0.25) is 11.8 Å². The van der Waals surface area contributed by atoms with Crippen molar-refractivity contribution in [2.75, 3.05) is 31.0 Å². The zero-order chi connectivity index (χ0) is 19.7. The van der Waals surface area contributed by atoms with Gasteiger partial charge in [-0.15, -0.1) is 0 Å². The second kappa shape index (κ2) is 7.54. The lowest BCUT2D eigenvalue weighted by Gasteiger charge is -2.20. The highest BCUT2D eigenvalue weighted by molar-refractivity contribution is 6.04. The number of carbonyl (C=O) groups is 2. The van der Waals surface area contributed by atoms with Crippen LogP contribution in [0.3, 0.4) is 0 Å². The van der Waals surface area contributed by atoms with Crippen molar-refractivity contribution in [3.8, 4) is 11.5 Å². The maximum absolute atomic E-state index is 12.8. The number of nitrogens with zero attached hydrogens (tertiary/aromatic N) is 1. The lowest BCUT2D eigenvalue weighted by Crippen LogP contribution is -2.28. The molecule has 2 aliphatic rings. The summed E-state index contributed by atoms with van der Waals surface area (Å²) in [7, 11) is 3.13.